The van der Waals surface area contributed by atoms with Gasteiger partial charge in [-0.3, -0.25) is 14.9 Å². The monoisotopic (exact) mass is 256 g/mol. The number of nitrogens with two attached hydrogens (primary N) is 1. The van der Waals surface area contributed by atoms with Crippen LogP contribution >= 0.6 is 0 Å². The molecule has 3 aromatic rings. The summed E-state index contributed by atoms with van der Waals surface area (Å²) < 4.78 is 1.31. The van der Waals surface area contributed by atoms with E-state index in [1.807, 2.05) is 6.07 Å². The summed E-state index contributed by atoms with van der Waals surface area (Å²) in [6, 6.07) is 5.08. The molecular formula is C12H12N6O. The van der Waals surface area contributed by atoms with E-state index in [4.69, 9.17) is 5.73 Å². The minimum Gasteiger partial charge on any atom is -0.325 e. The molecule has 0 atom stereocenters. The van der Waals surface area contributed by atoms with Crippen molar-refractivity contribution < 1.29 is 0 Å². The van der Waals surface area contributed by atoms with E-state index >= 15 is 0 Å². The summed E-state index contributed by atoms with van der Waals surface area (Å²) in [6.45, 7) is 2.11. The number of pyridine rings is 1. The second-order valence-corrected chi connectivity index (χ2v) is 4.18. The number of H-pyrrole nitrogens is 1. The first-order chi connectivity index (χ1) is 9.17. The summed E-state index contributed by atoms with van der Waals surface area (Å²) in [5.41, 5.74) is 7.59. The average molecular weight is 256 g/mol. The molecule has 7 heteroatoms. The van der Waals surface area contributed by atoms with Crippen LogP contribution in [0.3, 0.4) is 0 Å². The molecule has 0 radical (unpaired) electrons. The number of hydrogen-bond acceptors (Lipinski definition) is 5. The lowest BCUT2D eigenvalue weighted by atomic mass is 10.2. The summed E-state index contributed by atoms with van der Waals surface area (Å²) in [5, 5.41) is 2.92. The molecule has 0 saturated heterocycles. The van der Waals surface area contributed by atoms with Crippen molar-refractivity contribution in [1.82, 2.24) is 24.6 Å². The smallest absolute Gasteiger partial charge is 0.274 e. The van der Waals surface area contributed by atoms with Crippen molar-refractivity contribution >= 4 is 5.78 Å². The molecular weight excluding hydrogens is 244 g/mol. The number of aromatic nitrogens is 5. The van der Waals surface area contributed by atoms with Crippen LogP contribution < -0.4 is 11.3 Å². The molecule has 3 N–H and O–H groups in total. The predicted molar refractivity (Wildman–Crippen MR) is 69.5 cm³/mol. The number of nitrogens with one attached hydrogen (secondary N) is 1. The maximum absolute atomic E-state index is 11.8. The van der Waals surface area contributed by atoms with Gasteiger partial charge in [0, 0.05) is 30.1 Å². The van der Waals surface area contributed by atoms with Crippen LogP contribution in [0.1, 0.15) is 11.4 Å². The van der Waals surface area contributed by atoms with E-state index in [9.17, 15) is 4.79 Å². The summed E-state index contributed by atoms with van der Waals surface area (Å²) in [6.07, 6.45) is 1.66. The van der Waals surface area contributed by atoms with E-state index in [0.717, 1.165) is 11.3 Å². The summed E-state index contributed by atoms with van der Waals surface area (Å²) >= 11 is 0. The molecule has 0 aliphatic heterocycles. The van der Waals surface area contributed by atoms with Gasteiger partial charge < -0.3 is 5.73 Å². The highest BCUT2D eigenvalue weighted by atomic mass is 16.1. The van der Waals surface area contributed by atoms with Gasteiger partial charge >= 0.3 is 0 Å². The molecule has 3 aromatic heterocycles. The highest BCUT2D eigenvalue weighted by molar-refractivity contribution is 5.56. The van der Waals surface area contributed by atoms with Crippen molar-refractivity contribution in [2.24, 2.45) is 5.73 Å². The summed E-state index contributed by atoms with van der Waals surface area (Å²) in [7, 11) is 0. The maximum atomic E-state index is 11.8. The molecule has 19 heavy (non-hydrogen) atoms. The van der Waals surface area contributed by atoms with Gasteiger partial charge in [-0.2, -0.15) is 9.50 Å². The van der Waals surface area contributed by atoms with Crippen LogP contribution in [0.5, 0.6) is 0 Å². The molecule has 3 rings (SSSR count). The molecule has 0 unspecified atom stereocenters. The Bertz CT molecular complexity index is 803. The molecule has 3 heterocycles. The predicted octanol–water partition coefficient (Wildman–Crippen LogP) is 0.247. The Labute approximate surface area is 108 Å². The third-order valence-electron chi connectivity index (χ3n) is 2.76. The highest BCUT2D eigenvalue weighted by Crippen LogP contribution is 2.15. The van der Waals surface area contributed by atoms with Gasteiger partial charge in [-0.05, 0) is 19.1 Å². The van der Waals surface area contributed by atoms with E-state index in [1.165, 1.54) is 10.6 Å². The minimum absolute atomic E-state index is 0.186. The molecule has 0 bridgehead atoms. The highest BCUT2D eigenvalue weighted by Gasteiger charge is 2.08. The van der Waals surface area contributed by atoms with Crippen LogP contribution in [0.2, 0.25) is 0 Å². The van der Waals surface area contributed by atoms with Gasteiger partial charge in [0.25, 0.3) is 11.3 Å². The van der Waals surface area contributed by atoms with Gasteiger partial charge in [-0.1, -0.05) is 0 Å². The molecule has 0 saturated carbocycles. The Hall–Kier alpha value is -2.54. The van der Waals surface area contributed by atoms with Crippen LogP contribution in [0, 0.1) is 6.92 Å². The van der Waals surface area contributed by atoms with Crippen molar-refractivity contribution in [3.8, 4) is 11.4 Å². The fourth-order valence-electron chi connectivity index (χ4n) is 1.86. The van der Waals surface area contributed by atoms with Gasteiger partial charge in [0.15, 0.2) is 5.82 Å². The largest absolute Gasteiger partial charge is 0.325 e. The maximum Gasteiger partial charge on any atom is 0.274 e. The number of fused-ring (bicyclic) bond motifs is 1. The molecule has 0 aromatic carbocycles. The first-order valence-corrected chi connectivity index (χ1v) is 5.79. The minimum atomic E-state index is -0.186. The van der Waals surface area contributed by atoms with Crippen molar-refractivity contribution in [2.75, 3.05) is 0 Å². The standard InChI is InChI=1S/C12H12N6O/c1-7-4-10(19)18-12(15-7)16-11(17-18)8-2-3-14-9(5-8)6-13/h2-5H,6,13H2,1H3,(H,15,16,17). The van der Waals surface area contributed by atoms with Crippen LogP contribution in [0.25, 0.3) is 17.2 Å². The molecule has 0 spiro atoms. The van der Waals surface area contributed by atoms with Crippen molar-refractivity contribution in [3.05, 3.63) is 46.1 Å². The quantitative estimate of drug-likeness (QED) is 0.684. The number of aromatic amines is 1. The molecule has 0 amide bonds. The first kappa shape index (κ1) is 11.5. The van der Waals surface area contributed by atoms with Crippen LogP contribution in [-0.2, 0) is 6.54 Å². The zero-order valence-corrected chi connectivity index (χ0v) is 10.3. The van der Waals surface area contributed by atoms with Gasteiger partial charge in [-0.15, -0.1) is 0 Å². The Morgan fingerprint density at radius 2 is 2.21 bits per heavy atom. The molecule has 0 fully saturated rings. The topological polar surface area (TPSA) is 102 Å². The number of nitrogens with zero attached hydrogens (tertiary/aromatic N) is 4. The van der Waals surface area contributed by atoms with Gasteiger partial charge in [0.2, 0.25) is 0 Å². The molecule has 96 valence electrons. The van der Waals surface area contributed by atoms with Crippen LogP contribution in [-0.4, -0.2) is 24.6 Å². The van der Waals surface area contributed by atoms with Gasteiger partial charge in [0.1, 0.15) is 0 Å². The fourth-order valence-corrected chi connectivity index (χ4v) is 1.86. The normalized spacial score (nSPS) is 11.1. The summed E-state index contributed by atoms with van der Waals surface area (Å²) in [5.74, 6) is 0.915. The number of hydrogen-bond donors (Lipinski definition) is 2. The SMILES string of the molecule is Cc1cc(=O)n2[nH]c(-c3ccnc(CN)c3)nc2n1. The van der Waals surface area contributed by atoms with Crippen molar-refractivity contribution in [2.45, 2.75) is 13.5 Å². The van der Waals surface area contributed by atoms with Crippen LogP contribution in [0.15, 0.2) is 29.2 Å². The molecule has 7 nitrogen and oxygen atoms in total. The molecule has 0 aliphatic carbocycles. The van der Waals surface area contributed by atoms with Crippen LogP contribution in [0.4, 0.5) is 0 Å². The second-order valence-electron chi connectivity index (χ2n) is 4.18. The zero-order valence-electron chi connectivity index (χ0n) is 10.3. The third kappa shape index (κ3) is 2.00. The lowest BCUT2D eigenvalue weighted by molar-refractivity contribution is 0.891. The lowest BCUT2D eigenvalue weighted by Gasteiger charge is -1.98. The Morgan fingerprint density at radius 3 is 3.00 bits per heavy atom. The van der Waals surface area contributed by atoms with E-state index < -0.39 is 0 Å². The number of rotatable bonds is 2. The zero-order chi connectivity index (χ0) is 13.4. The van der Waals surface area contributed by atoms with Gasteiger partial charge in [0.05, 0.1) is 5.69 Å². The third-order valence-corrected chi connectivity index (χ3v) is 2.76. The molecule has 0 aliphatic rings. The van der Waals surface area contributed by atoms with E-state index in [2.05, 4.69) is 20.1 Å². The van der Waals surface area contributed by atoms with E-state index in [-0.39, 0.29) is 5.56 Å². The van der Waals surface area contributed by atoms with E-state index in [1.54, 1.807) is 19.2 Å². The second kappa shape index (κ2) is 4.29. The Balaban J connectivity index is 2.20. The van der Waals surface area contributed by atoms with Crippen molar-refractivity contribution in [1.29, 1.82) is 0 Å². The number of aryl methyl sites for hydroxylation is 1. The van der Waals surface area contributed by atoms with Gasteiger partial charge in [-0.25, -0.2) is 4.98 Å². The summed E-state index contributed by atoms with van der Waals surface area (Å²) in [4.78, 5) is 24.4. The Morgan fingerprint density at radius 1 is 1.37 bits per heavy atom. The van der Waals surface area contributed by atoms with Crippen molar-refractivity contribution in [3.63, 3.8) is 0 Å². The first-order valence-electron chi connectivity index (χ1n) is 5.79. The Kier molecular flexibility index (Phi) is 2.60. The fraction of sp³-hybridized carbons (Fsp3) is 0.167. The van der Waals surface area contributed by atoms with E-state index in [0.29, 0.717) is 23.8 Å². The lowest BCUT2D eigenvalue weighted by Crippen LogP contribution is -2.14. The average Bonchev–Trinajstić information content (AvgIpc) is 2.83.